The van der Waals surface area contributed by atoms with Gasteiger partial charge in [0.25, 0.3) is 0 Å². The molecule has 0 aliphatic heterocycles. The Morgan fingerprint density at radius 1 is 0.636 bits per heavy atom. The highest BCUT2D eigenvalue weighted by atomic mass is 32.2. The van der Waals surface area contributed by atoms with E-state index in [0.29, 0.717) is 3.89 Å². The van der Waals surface area contributed by atoms with E-state index in [9.17, 15) is 8.76 Å². The smallest absolute Gasteiger partial charge is 0.261 e. The van der Waals surface area contributed by atoms with Crippen molar-refractivity contribution in [1.29, 1.82) is 0 Å². The van der Waals surface area contributed by atoms with Crippen LogP contribution in [0.25, 0.3) is 0 Å². The van der Waals surface area contributed by atoms with Crippen LogP contribution in [0.15, 0.2) is 0 Å². The first kappa shape index (κ1) is 22.1. The van der Waals surface area contributed by atoms with Crippen LogP contribution in [0.5, 0.6) is 0 Å². The summed E-state index contributed by atoms with van der Waals surface area (Å²) in [5, 5.41) is 0. The minimum Gasteiger partial charge on any atom is -0.261 e. The molecule has 0 saturated carbocycles. The Morgan fingerprint density at radius 3 is 1.41 bits per heavy atom. The Kier molecular flexibility index (Phi) is 14.7. The molecule has 0 fully saturated rings. The molecule has 1 N–H and O–H groups in total. The second kappa shape index (κ2) is 14.6. The lowest BCUT2D eigenvalue weighted by Gasteiger charge is -2.32. The first-order valence-electron chi connectivity index (χ1n) is 9.60. The van der Waals surface area contributed by atoms with Crippen LogP contribution in [0.4, 0.5) is 0 Å². The predicted molar refractivity (Wildman–Crippen MR) is 98.1 cm³/mol. The number of hydrogen-bond donors (Lipinski definition) is 1. The first-order chi connectivity index (χ1) is 10.6. The highest BCUT2D eigenvalue weighted by molar-refractivity contribution is 7.73. The first-order valence-corrected chi connectivity index (χ1v) is 10.7. The topological polar surface area (TPSA) is 37.3 Å². The van der Waals surface area contributed by atoms with Crippen molar-refractivity contribution in [2.75, 3.05) is 19.6 Å². The molecule has 3 nitrogen and oxygen atoms in total. The quantitative estimate of drug-likeness (QED) is 0.224. The van der Waals surface area contributed by atoms with Gasteiger partial charge in [0, 0.05) is 0 Å². The summed E-state index contributed by atoms with van der Waals surface area (Å²) in [4.78, 5) is 0. The lowest BCUT2D eigenvalue weighted by atomic mass is 10.1. The Balaban J connectivity index is 3.78. The fourth-order valence-corrected chi connectivity index (χ4v) is 4.23. The van der Waals surface area contributed by atoms with Crippen LogP contribution in [0, 0.1) is 0 Å². The van der Waals surface area contributed by atoms with Crippen molar-refractivity contribution < 1.29 is 12.6 Å². The van der Waals surface area contributed by atoms with E-state index in [1.54, 1.807) is 0 Å². The van der Waals surface area contributed by atoms with Gasteiger partial charge in [0.15, 0.2) is 0 Å². The summed E-state index contributed by atoms with van der Waals surface area (Å²) >= 11 is -1.74. The van der Waals surface area contributed by atoms with Crippen molar-refractivity contribution in [1.82, 2.24) is 0 Å². The number of hydrogen-bond acceptors (Lipinski definition) is 1. The molecule has 0 aromatic carbocycles. The van der Waals surface area contributed by atoms with Crippen LogP contribution in [-0.4, -0.2) is 32.3 Å². The van der Waals surface area contributed by atoms with Gasteiger partial charge in [-0.3, -0.25) is 4.55 Å². The van der Waals surface area contributed by atoms with Crippen LogP contribution in [0.1, 0.15) is 97.8 Å². The van der Waals surface area contributed by atoms with Crippen LogP contribution in [0.2, 0.25) is 0 Å². The van der Waals surface area contributed by atoms with Gasteiger partial charge in [-0.25, -0.2) is 3.89 Å². The van der Waals surface area contributed by atoms with E-state index in [-0.39, 0.29) is 0 Å². The predicted octanol–water partition coefficient (Wildman–Crippen LogP) is 5.68. The molecule has 0 radical (unpaired) electrons. The molecule has 4 heteroatoms. The van der Waals surface area contributed by atoms with Crippen molar-refractivity contribution >= 4 is 11.3 Å². The van der Waals surface area contributed by atoms with Crippen LogP contribution in [0.3, 0.4) is 0 Å². The van der Waals surface area contributed by atoms with Gasteiger partial charge in [-0.15, -0.1) is 0 Å². The maximum atomic E-state index is 11.8. The molecule has 0 aromatic heterocycles. The van der Waals surface area contributed by atoms with Crippen molar-refractivity contribution in [3.05, 3.63) is 0 Å². The summed E-state index contributed by atoms with van der Waals surface area (Å²) in [5.74, 6) is 0. The molecular formula is C18H40NO2S+. The Bertz CT molecular complexity index is 266. The third-order valence-corrected chi connectivity index (χ3v) is 5.72. The Labute approximate surface area is 141 Å². The molecule has 134 valence electrons. The lowest BCUT2D eigenvalue weighted by Crippen LogP contribution is -2.50. The van der Waals surface area contributed by atoms with Crippen molar-refractivity contribution in [2.45, 2.75) is 97.8 Å². The minimum absolute atomic E-state index is 0.393. The van der Waals surface area contributed by atoms with E-state index < -0.39 is 11.3 Å². The molecule has 0 rings (SSSR count). The number of nitrogens with zero attached hydrogens (tertiary/aromatic N) is 1. The Morgan fingerprint density at radius 2 is 1.05 bits per heavy atom. The van der Waals surface area contributed by atoms with E-state index in [2.05, 4.69) is 20.8 Å². The monoisotopic (exact) mass is 334 g/mol. The second-order valence-corrected chi connectivity index (χ2v) is 7.88. The molecule has 22 heavy (non-hydrogen) atoms. The van der Waals surface area contributed by atoms with Gasteiger partial charge >= 0.3 is 11.3 Å². The molecule has 0 spiro atoms. The van der Waals surface area contributed by atoms with Gasteiger partial charge in [-0.1, -0.05) is 72.1 Å². The SMILES string of the molecule is CCCCCCCCCCCC[N+](CCC)(CCC)S(=O)O. The highest BCUT2D eigenvalue weighted by Crippen LogP contribution is 2.17. The fraction of sp³-hybridized carbons (Fsp3) is 1.00. The minimum atomic E-state index is -1.74. The molecular weight excluding hydrogens is 294 g/mol. The average molecular weight is 335 g/mol. The summed E-state index contributed by atoms with van der Waals surface area (Å²) in [6, 6.07) is 0. The third-order valence-electron chi connectivity index (χ3n) is 4.51. The summed E-state index contributed by atoms with van der Waals surface area (Å²) < 4.78 is 21.9. The molecule has 1 unspecified atom stereocenters. The number of unbranched alkanes of at least 4 members (excludes halogenated alkanes) is 9. The van der Waals surface area contributed by atoms with Gasteiger partial charge < -0.3 is 0 Å². The lowest BCUT2D eigenvalue weighted by molar-refractivity contribution is -0.807. The molecule has 0 saturated heterocycles. The zero-order chi connectivity index (χ0) is 16.7. The summed E-state index contributed by atoms with van der Waals surface area (Å²) in [6.07, 6.45) is 15.1. The fourth-order valence-electron chi connectivity index (χ4n) is 3.27. The van der Waals surface area contributed by atoms with E-state index in [4.69, 9.17) is 0 Å². The van der Waals surface area contributed by atoms with E-state index in [1.807, 2.05) is 0 Å². The van der Waals surface area contributed by atoms with Crippen molar-refractivity contribution in [3.63, 3.8) is 0 Å². The zero-order valence-corrected chi connectivity index (χ0v) is 16.1. The van der Waals surface area contributed by atoms with Gasteiger partial charge in [-0.05, 0) is 25.7 Å². The molecule has 0 aliphatic carbocycles. The van der Waals surface area contributed by atoms with Crippen LogP contribution >= 0.6 is 0 Å². The largest absolute Gasteiger partial charge is 0.358 e. The average Bonchev–Trinajstić information content (AvgIpc) is 2.49. The van der Waals surface area contributed by atoms with Crippen molar-refractivity contribution in [2.24, 2.45) is 0 Å². The molecule has 0 aliphatic rings. The zero-order valence-electron chi connectivity index (χ0n) is 15.3. The van der Waals surface area contributed by atoms with Gasteiger partial charge in [-0.2, -0.15) is 4.21 Å². The van der Waals surface area contributed by atoms with Gasteiger partial charge in [0.2, 0.25) is 0 Å². The Hall–Kier alpha value is 0.0700. The standard InChI is InChI=1S/C18H39NO2S/c1-4-7-8-9-10-11-12-13-14-15-18-19(16-5-2,17-6-3)22(20)21/h4-18H2,1-3H3/p+1. The van der Waals surface area contributed by atoms with Crippen LogP contribution < -0.4 is 0 Å². The summed E-state index contributed by atoms with van der Waals surface area (Å²) in [7, 11) is 0. The molecule has 0 aromatic rings. The number of rotatable bonds is 16. The van der Waals surface area contributed by atoms with Crippen LogP contribution in [-0.2, 0) is 11.3 Å². The summed E-state index contributed by atoms with van der Waals surface area (Å²) in [6.45, 7) is 8.99. The third kappa shape index (κ3) is 9.96. The van der Waals surface area contributed by atoms with E-state index >= 15 is 0 Å². The van der Waals surface area contributed by atoms with E-state index in [1.165, 1.54) is 57.8 Å². The molecule has 1 atom stereocenters. The van der Waals surface area contributed by atoms with Gasteiger partial charge in [0.05, 0.1) is 19.6 Å². The molecule has 0 amide bonds. The van der Waals surface area contributed by atoms with E-state index in [0.717, 1.165) is 38.9 Å². The van der Waals surface area contributed by atoms with Gasteiger partial charge in [0.1, 0.15) is 0 Å². The normalized spacial score (nSPS) is 13.5. The molecule has 0 heterocycles. The summed E-state index contributed by atoms with van der Waals surface area (Å²) in [5.41, 5.74) is 0. The maximum Gasteiger partial charge on any atom is 0.358 e. The van der Waals surface area contributed by atoms with Crippen molar-refractivity contribution in [3.8, 4) is 0 Å². The molecule has 0 bridgehead atoms. The second-order valence-electron chi connectivity index (χ2n) is 6.64. The highest BCUT2D eigenvalue weighted by Gasteiger charge is 2.32. The number of quaternary nitrogens is 1. The maximum absolute atomic E-state index is 11.8.